The van der Waals surface area contributed by atoms with Crippen LogP contribution < -0.4 is 0 Å². The van der Waals surface area contributed by atoms with Crippen LogP contribution in [0.1, 0.15) is 46.5 Å². The van der Waals surface area contributed by atoms with Crippen molar-refractivity contribution < 1.29 is 5.11 Å². The molecule has 1 aliphatic carbocycles. The molecule has 2 heteroatoms. The number of hydrogen-bond acceptors (Lipinski definition) is 2. The van der Waals surface area contributed by atoms with Crippen LogP contribution in [0.4, 0.5) is 0 Å². The third-order valence-corrected chi connectivity index (χ3v) is 3.25. The summed E-state index contributed by atoms with van der Waals surface area (Å²) in [5, 5.41) is 9.82. The zero-order valence-electron chi connectivity index (χ0n) is 9.87. The van der Waals surface area contributed by atoms with E-state index in [9.17, 15) is 5.11 Å². The summed E-state index contributed by atoms with van der Waals surface area (Å²) in [5.41, 5.74) is 0. The van der Waals surface area contributed by atoms with Gasteiger partial charge in [-0.15, -0.1) is 0 Å². The first kappa shape index (κ1) is 12.0. The highest BCUT2D eigenvalue weighted by molar-refractivity contribution is 4.81. The van der Waals surface area contributed by atoms with Gasteiger partial charge in [-0.05, 0) is 45.1 Å². The fourth-order valence-corrected chi connectivity index (χ4v) is 1.96. The molecule has 0 heterocycles. The van der Waals surface area contributed by atoms with E-state index in [1.165, 1.54) is 25.8 Å². The maximum atomic E-state index is 9.82. The molecule has 0 bridgehead atoms. The van der Waals surface area contributed by atoms with E-state index < -0.39 is 0 Å². The summed E-state index contributed by atoms with van der Waals surface area (Å²) in [6.07, 6.45) is 4.70. The highest BCUT2D eigenvalue weighted by Gasteiger charge is 2.28. The summed E-state index contributed by atoms with van der Waals surface area (Å²) < 4.78 is 0. The zero-order chi connectivity index (χ0) is 10.6. The van der Waals surface area contributed by atoms with Gasteiger partial charge in [-0.1, -0.05) is 13.8 Å². The molecule has 1 rings (SSSR count). The molecule has 1 aliphatic rings. The van der Waals surface area contributed by atoms with E-state index in [1.54, 1.807) is 0 Å². The predicted octanol–water partition coefficient (Wildman–Crippen LogP) is 2.27. The van der Waals surface area contributed by atoms with Gasteiger partial charge < -0.3 is 5.11 Å². The maximum absolute atomic E-state index is 9.82. The molecule has 0 aromatic heterocycles. The van der Waals surface area contributed by atoms with Crippen LogP contribution in [0.3, 0.4) is 0 Å². The van der Waals surface area contributed by atoms with Crippen LogP contribution in [0.15, 0.2) is 0 Å². The molecule has 14 heavy (non-hydrogen) atoms. The number of hydrogen-bond donors (Lipinski definition) is 1. The molecule has 2 nitrogen and oxygen atoms in total. The van der Waals surface area contributed by atoms with Gasteiger partial charge >= 0.3 is 0 Å². The third-order valence-electron chi connectivity index (χ3n) is 3.25. The van der Waals surface area contributed by atoms with Crippen molar-refractivity contribution in [3.05, 3.63) is 0 Å². The summed E-state index contributed by atoms with van der Waals surface area (Å²) in [5.74, 6) is 0.924. The summed E-state index contributed by atoms with van der Waals surface area (Å²) in [7, 11) is 0. The van der Waals surface area contributed by atoms with E-state index in [0.717, 1.165) is 18.9 Å². The SMILES string of the molecule is CCCN(CC1CC1)C(C)C(O)CC. The lowest BCUT2D eigenvalue weighted by atomic mass is 10.1. The summed E-state index contributed by atoms with van der Waals surface area (Å²) in [6.45, 7) is 8.76. The van der Waals surface area contributed by atoms with Gasteiger partial charge in [0.25, 0.3) is 0 Å². The molecule has 1 fully saturated rings. The van der Waals surface area contributed by atoms with Crippen LogP contribution >= 0.6 is 0 Å². The highest BCUT2D eigenvalue weighted by Crippen LogP contribution is 2.30. The molecular weight excluding hydrogens is 174 g/mol. The van der Waals surface area contributed by atoms with Gasteiger partial charge in [-0.2, -0.15) is 0 Å². The van der Waals surface area contributed by atoms with Gasteiger partial charge in [0.05, 0.1) is 6.10 Å². The molecular formula is C12H25NO. The van der Waals surface area contributed by atoms with Gasteiger partial charge in [0.1, 0.15) is 0 Å². The Morgan fingerprint density at radius 3 is 2.43 bits per heavy atom. The first-order valence-corrected chi connectivity index (χ1v) is 6.11. The Bertz CT molecular complexity index is 156. The second-order valence-corrected chi connectivity index (χ2v) is 4.65. The van der Waals surface area contributed by atoms with E-state index in [1.807, 2.05) is 0 Å². The van der Waals surface area contributed by atoms with Gasteiger partial charge in [-0.3, -0.25) is 4.90 Å². The Kier molecular flexibility index (Phi) is 4.90. The average molecular weight is 199 g/mol. The van der Waals surface area contributed by atoms with Crippen LogP contribution in [0.2, 0.25) is 0 Å². The molecule has 0 spiro atoms. The zero-order valence-corrected chi connectivity index (χ0v) is 9.87. The van der Waals surface area contributed by atoms with Crippen molar-refractivity contribution >= 4 is 0 Å². The van der Waals surface area contributed by atoms with Gasteiger partial charge in [-0.25, -0.2) is 0 Å². The molecule has 2 atom stereocenters. The fraction of sp³-hybridized carbons (Fsp3) is 1.00. The molecule has 84 valence electrons. The normalized spacial score (nSPS) is 21.2. The number of nitrogens with zero attached hydrogens (tertiary/aromatic N) is 1. The lowest BCUT2D eigenvalue weighted by Crippen LogP contribution is -2.42. The first-order chi connectivity index (χ1) is 6.69. The summed E-state index contributed by atoms with van der Waals surface area (Å²) in [4.78, 5) is 2.46. The Balaban J connectivity index is 2.37. The monoisotopic (exact) mass is 199 g/mol. The molecule has 0 aromatic carbocycles. The topological polar surface area (TPSA) is 23.5 Å². The van der Waals surface area contributed by atoms with Crippen LogP contribution in [0, 0.1) is 5.92 Å². The highest BCUT2D eigenvalue weighted by atomic mass is 16.3. The van der Waals surface area contributed by atoms with Crippen molar-refractivity contribution in [2.45, 2.75) is 58.6 Å². The van der Waals surface area contributed by atoms with Crippen LogP contribution in [-0.2, 0) is 0 Å². The number of aliphatic hydroxyl groups excluding tert-OH is 1. The predicted molar refractivity (Wildman–Crippen MR) is 60.3 cm³/mol. The van der Waals surface area contributed by atoms with Crippen molar-refractivity contribution in [3.63, 3.8) is 0 Å². The largest absolute Gasteiger partial charge is 0.392 e. The first-order valence-electron chi connectivity index (χ1n) is 6.11. The Morgan fingerprint density at radius 1 is 1.36 bits per heavy atom. The van der Waals surface area contributed by atoms with Crippen molar-refractivity contribution in [2.75, 3.05) is 13.1 Å². The Hall–Kier alpha value is -0.0800. The molecule has 1 N–H and O–H groups in total. The number of aliphatic hydroxyl groups is 1. The molecule has 1 saturated carbocycles. The van der Waals surface area contributed by atoms with Crippen molar-refractivity contribution in [3.8, 4) is 0 Å². The molecule has 0 aliphatic heterocycles. The van der Waals surface area contributed by atoms with E-state index >= 15 is 0 Å². The quantitative estimate of drug-likeness (QED) is 0.680. The lowest BCUT2D eigenvalue weighted by molar-refractivity contribution is 0.0532. The Labute approximate surface area is 88.3 Å². The minimum atomic E-state index is -0.153. The maximum Gasteiger partial charge on any atom is 0.0690 e. The smallest absolute Gasteiger partial charge is 0.0690 e. The fourth-order valence-electron chi connectivity index (χ4n) is 1.96. The van der Waals surface area contributed by atoms with Gasteiger partial charge in [0, 0.05) is 12.6 Å². The summed E-state index contributed by atoms with van der Waals surface area (Å²) >= 11 is 0. The van der Waals surface area contributed by atoms with Crippen LogP contribution in [0.25, 0.3) is 0 Å². The van der Waals surface area contributed by atoms with E-state index in [4.69, 9.17) is 0 Å². The van der Waals surface area contributed by atoms with Crippen molar-refractivity contribution in [1.29, 1.82) is 0 Å². The lowest BCUT2D eigenvalue weighted by Gasteiger charge is -2.31. The molecule has 0 saturated heterocycles. The molecule has 2 unspecified atom stereocenters. The van der Waals surface area contributed by atoms with Crippen LogP contribution in [-0.4, -0.2) is 35.2 Å². The molecule has 0 aromatic rings. The second kappa shape index (κ2) is 5.72. The second-order valence-electron chi connectivity index (χ2n) is 4.65. The molecule has 0 amide bonds. The minimum Gasteiger partial charge on any atom is -0.392 e. The minimum absolute atomic E-state index is 0.153. The number of rotatable bonds is 7. The van der Waals surface area contributed by atoms with Gasteiger partial charge in [0.15, 0.2) is 0 Å². The van der Waals surface area contributed by atoms with Crippen molar-refractivity contribution in [1.82, 2.24) is 4.90 Å². The van der Waals surface area contributed by atoms with E-state index in [-0.39, 0.29) is 6.10 Å². The standard InChI is InChI=1S/C12H25NO/c1-4-8-13(9-11-6-7-11)10(3)12(14)5-2/h10-12,14H,4-9H2,1-3H3. The van der Waals surface area contributed by atoms with E-state index in [2.05, 4.69) is 25.7 Å². The molecule has 0 radical (unpaired) electrons. The van der Waals surface area contributed by atoms with Gasteiger partial charge in [0.2, 0.25) is 0 Å². The average Bonchev–Trinajstić information content (AvgIpc) is 2.98. The van der Waals surface area contributed by atoms with Crippen molar-refractivity contribution in [2.24, 2.45) is 5.92 Å². The summed E-state index contributed by atoms with van der Waals surface area (Å²) in [6, 6.07) is 0.334. The third kappa shape index (κ3) is 3.58. The van der Waals surface area contributed by atoms with Crippen LogP contribution in [0.5, 0.6) is 0 Å². The Morgan fingerprint density at radius 2 is 2.00 bits per heavy atom. The van der Waals surface area contributed by atoms with E-state index in [0.29, 0.717) is 6.04 Å².